The lowest BCUT2D eigenvalue weighted by molar-refractivity contribution is -0.116. The molecule has 0 heterocycles. The molecule has 6 heteroatoms. The van der Waals surface area contributed by atoms with Crippen LogP contribution in [0.25, 0.3) is 0 Å². The first-order valence-corrected chi connectivity index (χ1v) is 9.90. The topological polar surface area (TPSA) is 66.5 Å². The van der Waals surface area contributed by atoms with Gasteiger partial charge in [0, 0.05) is 12.2 Å². The monoisotopic (exact) mass is 360 g/mol. The third-order valence-corrected chi connectivity index (χ3v) is 5.59. The van der Waals surface area contributed by atoms with Crippen LogP contribution in [0, 0.1) is 6.92 Å². The van der Waals surface area contributed by atoms with Crippen LogP contribution in [0.15, 0.2) is 54.6 Å². The van der Waals surface area contributed by atoms with Crippen LogP contribution in [0.1, 0.15) is 24.5 Å². The van der Waals surface area contributed by atoms with E-state index < -0.39 is 10.0 Å². The number of para-hydroxylation sites is 1. The number of aryl methyl sites for hydroxylation is 1. The Hall–Kier alpha value is -2.18. The van der Waals surface area contributed by atoms with Crippen LogP contribution in [0.2, 0.25) is 0 Å². The average Bonchev–Trinajstić information content (AvgIpc) is 2.57. The fourth-order valence-corrected chi connectivity index (χ4v) is 4.08. The van der Waals surface area contributed by atoms with Gasteiger partial charge in [-0.05, 0) is 30.5 Å². The number of nitrogens with one attached hydrogen (secondary N) is 1. The van der Waals surface area contributed by atoms with Crippen molar-refractivity contribution in [3.63, 3.8) is 0 Å². The van der Waals surface area contributed by atoms with E-state index in [1.165, 1.54) is 4.31 Å². The minimum absolute atomic E-state index is 0.106. The van der Waals surface area contributed by atoms with Gasteiger partial charge in [0.2, 0.25) is 15.9 Å². The van der Waals surface area contributed by atoms with E-state index in [2.05, 4.69) is 5.32 Å². The summed E-state index contributed by atoms with van der Waals surface area (Å²) in [6, 6.07) is 16.4. The normalized spacial score (nSPS) is 11.5. The van der Waals surface area contributed by atoms with Crippen molar-refractivity contribution >= 4 is 21.6 Å². The van der Waals surface area contributed by atoms with Crippen molar-refractivity contribution in [3.8, 4) is 0 Å². The number of hydrogen-bond acceptors (Lipinski definition) is 3. The molecule has 25 heavy (non-hydrogen) atoms. The SMILES string of the molecule is CCCN(CC(=O)Nc1ccccc1C)S(=O)(=O)Cc1ccccc1. The Morgan fingerprint density at radius 3 is 2.32 bits per heavy atom. The van der Waals surface area contributed by atoms with Gasteiger partial charge in [-0.2, -0.15) is 4.31 Å². The summed E-state index contributed by atoms with van der Waals surface area (Å²) in [5, 5.41) is 2.79. The minimum atomic E-state index is -3.56. The lowest BCUT2D eigenvalue weighted by atomic mass is 10.2. The summed E-state index contributed by atoms with van der Waals surface area (Å²) >= 11 is 0. The second-order valence-electron chi connectivity index (χ2n) is 5.94. The fraction of sp³-hybridized carbons (Fsp3) is 0.316. The van der Waals surface area contributed by atoms with E-state index in [-0.39, 0.29) is 18.2 Å². The molecule has 0 aromatic heterocycles. The number of sulfonamides is 1. The maximum Gasteiger partial charge on any atom is 0.239 e. The van der Waals surface area contributed by atoms with E-state index in [1.807, 2.05) is 38.1 Å². The van der Waals surface area contributed by atoms with Crippen molar-refractivity contribution in [2.75, 3.05) is 18.4 Å². The van der Waals surface area contributed by atoms with Crippen LogP contribution in [0.4, 0.5) is 5.69 Å². The van der Waals surface area contributed by atoms with E-state index in [0.717, 1.165) is 5.56 Å². The van der Waals surface area contributed by atoms with Crippen LogP contribution >= 0.6 is 0 Å². The molecule has 134 valence electrons. The third-order valence-electron chi connectivity index (χ3n) is 3.80. The number of carbonyl (C=O) groups excluding carboxylic acids is 1. The van der Waals surface area contributed by atoms with Crippen molar-refractivity contribution in [2.24, 2.45) is 0 Å². The molecule has 1 N–H and O–H groups in total. The van der Waals surface area contributed by atoms with Crippen LogP contribution in [-0.2, 0) is 20.6 Å². The predicted octanol–water partition coefficient (Wildman–Crippen LogP) is 3.18. The zero-order valence-electron chi connectivity index (χ0n) is 14.6. The highest BCUT2D eigenvalue weighted by Gasteiger charge is 2.24. The number of carbonyl (C=O) groups is 1. The molecule has 0 unspecified atom stereocenters. The number of amides is 1. The molecule has 1 amide bonds. The molecule has 2 rings (SSSR count). The van der Waals surface area contributed by atoms with Crippen LogP contribution in [0.5, 0.6) is 0 Å². The van der Waals surface area contributed by atoms with E-state index in [0.29, 0.717) is 24.2 Å². The summed E-state index contributed by atoms with van der Waals surface area (Å²) in [6.07, 6.45) is 0.645. The summed E-state index contributed by atoms with van der Waals surface area (Å²) in [5.74, 6) is -0.440. The number of nitrogens with zero attached hydrogens (tertiary/aromatic N) is 1. The smallest absolute Gasteiger partial charge is 0.239 e. The summed E-state index contributed by atoms with van der Waals surface area (Å²) in [4.78, 5) is 12.3. The number of benzene rings is 2. The first-order valence-electron chi connectivity index (χ1n) is 8.29. The molecular formula is C19H24N2O3S. The zero-order valence-corrected chi connectivity index (χ0v) is 15.4. The van der Waals surface area contributed by atoms with Crippen molar-refractivity contribution in [2.45, 2.75) is 26.0 Å². The quantitative estimate of drug-likeness (QED) is 0.786. The Morgan fingerprint density at radius 2 is 1.68 bits per heavy atom. The van der Waals surface area contributed by atoms with Crippen LogP contribution in [-0.4, -0.2) is 31.7 Å². The Kier molecular flexibility index (Phi) is 6.73. The molecule has 0 aliphatic carbocycles. The molecule has 0 aliphatic heterocycles. The van der Waals surface area contributed by atoms with Crippen LogP contribution < -0.4 is 5.32 Å². The van der Waals surface area contributed by atoms with E-state index in [4.69, 9.17) is 0 Å². The van der Waals surface area contributed by atoms with Gasteiger partial charge in [0.05, 0.1) is 12.3 Å². The van der Waals surface area contributed by atoms with Crippen LogP contribution in [0.3, 0.4) is 0 Å². The summed E-state index contributed by atoms with van der Waals surface area (Å²) in [6.45, 7) is 3.92. The second kappa shape index (κ2) is 8.78. The molecule has 0 fully saturated rings. The molecule has 0 bridgehead atoms. The average molecular weight is 360 g/mol. The van der Waals surface area contributed by atoms with Crippen molar-refractivity contribution in [3.05, 3.63) is 65.7 Å². The Balaban J connectivity index is 2.09. The fourth-order valence-electron chi connectivity index (χ4n) is 2.51. The van der Waals surface area contributed by atoms with Gasteiger partial charge >= 0.3 is 0 Å². The molecular weight excluding hydrogens is 336 g/mol. The first-order chi connectivity index (χ1) is 11.9. The van der Waals surface area contributed by atoms with Gasteiger partial charge in [0.1, 0.15) is 0 Å². The Morgan fingerprint density at radius 1 is 1.04 bits per heavy atom. The van der Waals surface area contributed by atoms with E-state index in [1.54, 1.807) is 30.3 Å². The lowest BCUT2D eigenvalue weighted by Crippen LogP contribution is -2.39. The van der Waals surface area contributed by atoms with E-state index in [9.17, 15) is 13.2 Å². The number of anilines is 1. The maximum absolute atomic E-state index is 12.7. The molecule has 2 aromatic rings. The van der Waals surface area contributed by atoms with Gasteiger partial charge in [-0.15, -0.1) is 0 Å². The molecule has 2 aromatic carbocycles. The van der Waals surface area contributed by atoms with Crippen molar-refractivity contribution < 1.29 is 13.2 Å². The van der Waals surface area contributed by atoms with Gasteiger partial charge in [-0.3, -0.25) is 4.79 Å². The van der Waals surface area contributed by atoms with Gasteiger partial charge in [-0.25, -0.2) is 8.42 Å². The Labute approximate surface area is 149 Å². The number of rotatable bonds is 8. The van der Waals surface area contributed by atoms with Gasteiger partial charge in [-0.1, -0.05) is 55.5 Å². The molecule has 0 radical (unpaired) electrons. The van der Waals surface area contributed by atoms with Gasteiger partial charge in [0.25, 0.3) is 0 Å². The summed E-state index contributed by atoms with van der Waals surface area (Å²) in [5.41, 5.74) is 2.34. The first kappa shape index (κ1) is 19.1. The van der Waals surface area contributed by atoms with E-state index >= 15 is 0 Å². The molecule has 5 nitrogen and oxygen atoms in total. The minimum Gasteiger partial charge on any atom is -0.325 e. The largest absolute Gasteiger partial charge is 0.325 e. The molecule has 0 spiro atoms. The Bertz CT molecular complexity index is 804. The molecule has 0 aliphatic rings. The molecule has 0 saturated heterocycles. The van der Waals surface area contributed by atoms with Crippen molar-refractivity contribution in [1.29, 1.82) is 0 Å². The lowest BCUT2D eigenvalue weighted by Gasteiger charge is -2.21. The van der Waals surface area contributed by atoms with Crippen molar-refractivity contribution in [1.82, 2.24) is 4.31 Å². The third kappa shape index (κ3) is 5.69. The maximum atomic E-state index is 12.7. The highest BCUT2D eigenvalue weighted by atomic mass is 32.2. The highest BCUT2D eigenvalue weighted by molar-refractivity contribution is 7.88. The summed E-state index contributed by atoms with van der Waals surface area (Å²) < 4.78 is 26.6. The molecule has 0 saturated carbocycles. The highest BCUT2D eigenvalue weighted by Crippen LogP contribution is 2.15. The molecule has 0 atom stereocenters. The second-order valence-corrected chi connectivity index (χ2v) is 7.91. The van der Waals surface area contributed by atoms with Gasteiger partial charge in [0.15, 0.2) is 0 Å². The standard InChI is InChI=1S/C19H24N2O3S/c1-3-13-21(25(23,24)15-17-10-5-4-6-11-17)14-19(22)20-18-12-8-7-9-16(18)2/h4-12H,3,13-15H2,1-2H3,(H,20,22). The van der Waals surface area contributed by atoms with Gasteiger partial charge < -0.3 is 5.32 Å². The summed E-state index contributed by atoms with van der Waals surface area (Å²) in [7, 11) is -3.56. The number of hydrogen-bond donors (Lipinski definition) is 1. The predicted molar refractivity (Wildman–Crippen MR) is 101 cm³/mol. The zero-order chi connectivity index (χ0) is 18.3.